The molecule has 0 aromatic heterocycles. The van der Waals surface area contributed by atoms with Gasteiger partial charge in [-0.3, -0.25) is 4.79 Å². The molecule has 0 heterocycles. The largest absolute Gasteiger partial charge is 0.506 e. The lowest BCUT2D eigenvalue weighted by Gasteiger charge is -2.14. The summed E-state index contributed by atoms with van der Waals surface area (Å²) in [5.41, 5.74) is -1.19. The first-order valence-corrected chi connectivity index (χ1v) is 5.26. The van der Waals surface area contributed by atoms with Gasteiger partial charge in [-0.1, -0.05) is 6.07 Å². The maximum absolute atomic E-state index is 11.2. The number of phenols is 1. The van der Waals surface area contributed by atoms with E-state index >= 15 is 0 Å². The predicted molar refractivity (Wildman–Crippen MR) is 67.0 cm³/mol. The van der Waals surface area contributed by atoms with E-state index in [1.807, 2.05) is 0 Å². The van der Waals surface area contributed by atoms with Crippen molar-refractivity contribution in [3.05, 3.63) is 29.3 Å². The van der Waals surface area contributed by atoms with Crippen molar-refractivity contribution in [1.29, 1.82) is 0 Å². The van der Waals surface area contributed by atoms with Crippen molar-refractivity contribution in [2.24, 2.45) is 0 Å². The van der Waals surface area contributed by atoms with E-state index in [-0.39, 0.29) is 23.2 Å². The normalized spacial score (nSPS) is 10.9. The Morgan fingerprint density at radius 3 is 2.35 bits per heavy atom. The molecule has 0 bridgehead atoms. The minimum Gasteiger partial charge on any atom is -0.506 e. The van der Waals surface area contributed by atoms with Crippen molar-refractivity contribution in [2.75, 3.05) is 5.32 Å². The molecule has 0 unspecified atom stereocenters. The molecule has 8 nitrogen and oxygen atoms in total. The number of aliphatic hydroxyl groups excluding tert-OH is 1. The van der Waals surface area contributed by atoms with Gasteiger partial charge in [-0.2, -0.15) is 0 Å². The number of hydrogen-bond donors (Lipinski definition) is 5. The van der Waals surface area contributed by atoms with Gasteiger partial charge in [-0.15, -0.1) is 0 Å². The summed E-state index contributed by atoms with van der Waals surface area (Å²) in [6, 6.07) is 2.36. The first-order valence-electron chi connectivity index (χ1n) is 5.26. The smallest absolute Gasteiger partial charge is 0.336 e. The van der Waals surface area contributed by atoms with Crippen LogP contribution in [0.25, 0.3) is 5.57 Å². The number of carbonyl (C=O) groups excluding carboxylic acids is 1. The maximum Gasteiger partial charge on any atom is 0.336 e. The molecule has 5 N–H and O–H groups in total. The number of nitrogens with one attached hydrogen (secondary N) is 1. The number of aliphatic hydroxyl groups is 1. The summed E-state index contributed by atoms with van der Waals surface area (Å²) < 4.78 is 0. The molecule has 0 aliphatic rings. The molecule has 20 heavy (non-hydrogen) atoms. The first-order chi connectivity index (χ1) is 9.42. The summed E-state index contributed by atoms with van der Waals surface area (Å²) in [6.07, 6.45) is 0.603. The zero-order chi connectivity index (χ0) is 15.3. The van der Waals surface area contributed by atoms with Gasteiger partial charge in [0.15, 0.2) is 0 Å². The molecule has 0 radical (unpaired) electrons. The van der Waals surface area contributed by atoms with Crippen molar-refractivity contribution < 1.29 is 34.8 Å². The van der Waals surface area contributed by atoms with Crippen molar-refractivity contribution >= 4 is 29.6 Å². The van der Waals surface area contributed by atoms with Gasteiger partial charge in [0.1, 0.15) is 5.75 Å². The van der Waals surface area contributed by atoms with Crippen LogP contribution >= 0.6 is 0 Å². The number of hydrogen-bond acceptors (Lipinski definition) is 5. The Morgan fingerprint density at radius 1 is 1.25 bits per heavy atom. The molecule has 0 fully saturated rings. The summed E-state index contributed by atoms with van der Waals surface area (Å²) >= 11 is 0. The second-order valence-corrected chi connectivity index (χ2v) is 3.62. The molecule has 0 atom stereocenters. The zero-order valence-corrected chi connectivity index (χ0v) is 10.0. The highest BCUT2D eigenvalue weighted by molar-refractivity contribution is 6.22. The Balaban J connectivity index is 3.68. The van der Waals surface area contributed by atoms with E-state index in [1.54, 1.807) is 0 Å². The highest BCUT2D eigenvalue weighted by Crippen LogP contribution is 2.35. The molecule has 0 saturated carbocycles. The van der Waals surface area contributed by atoms with Crippen molar-refractivity contribution in [2.45, 2.75) is 6.61 Å². The van der Waals surface area contributed by atoms with Crippen LogP contribution in [0.3, 0.4) is 0 Å². The fourth-order valence-electron chi connectivity index (χ4n) is 1.64. The van der Waals surface area contributed by atoms with E-state index in [0.717, 1.165) is 6.07 Å². The van der Waals surface area contributed by atoms with Crippen LogP contribution in [0.5, 0.6) is 5.75 Å². The van der Waals surface area contributed by atoms with Crippen LogP contribution in [0, 0.1) is 0 Å². The molecular weight excluding hydrogens is 270 g/mol. The van der Waals surface area contributed by atoms with Crippen LogP contribution in [0.15, 0.2) is 18.2 Å². The van der Waals surface area contributed by atoms with Gasteiger partial charge in [0.25, 0.3) is 0 Å². The second kappa shape index (κ2) is 6.34. The fourth-order valence-corrected chi connectivity index (χ4v) is 1.64. The summed E-state index contributed by atoms with van der Waals surface area (Å²) in [4.78, 5) is 32.4. The Kier molecular flexibility index (Phi) is 4.82. The van der Waals surface area contributed by atoms with Crippen LogP contribution < -0.4 is 5.32 Å². The topological polar surface area (TPSA) is 144 Å². The average Bonchev–Trinajstić information content (AvgIpc) is 2.38. The highest BCUT2D eigenvalue weighted by Gasteiger charge is 2.22. The van der Waals surface area contributed by atoms with Gasteiger partial charge >= 0.3 is 11.9 Å². The highest BCUT2D eigenvalue weighted by atomic mass is 16.4. The van der Waals surface area contributed by atoms with E-state index in [0.29, 0.717) is 6.08 Å². The lowest BCUT2D eigenvalue weighted by molar-refractivity contribution is -0.133. The molecule has 0 aliphatic heterocycles. The number of aromatic hydroxyl groups is 1. The van der Waals surface area contributed by atoms with Gasteiger partial charge < -0.3 is 25.7 Å². The number of carboxylic acid groups (broad SMARTS) is 2. The average molecular weight is 281 g/mol. The van der Waals surface area contributed by atoms with E-state index in [1.165, 1.54) is 6.07 Å². The molecule has 0 spiro atoms. The Labute approximate surface area is 112 Å². The van der Waals surface area contributed by atoms with Crippen LogP contribution in [0.1, 0.15) is 11.1 Å². The molecule has 1 aromatic carbocycles. The number of benzene rings is 1. The first kappa shape index (κ1) is 15.2. The van der Waals surface area contributed by atoms with E-state index in [2.05, 4.69) is 5.32 Å². The quantitative estimate of drug-likeness (QED) is 0.280. The maximum atomic E-state index is 11.2. The molecule has 0 aliphatic carbocycles. The SMILES string of the molecule is O=CNc1c(O)ccc(CO)c1C(=CC(=O)O)C(=O)O. The van der Waals surface area contributed by atoms with Crippen LogP contribution in [0.2, 0.25) is 0 Å². The lowest BCUT2D eigenvalue weighted by Crippen LogP contribution is -2.10. The van der Waals surface area contributed by atoms with Crippen LogP contribution in [-0.2, 0) is 21.0 Å². The third kappa shape index (κ3) is 3.12. The summed E-state index contributed by atoms with van der Waals surface area (Å²) in [5.74, 6) is -3.56. The van der Waals surface area contributed by atoms with Gasteiger partial charge in [-0.25, -0.2) is 9.59 Å². The molecule has 1 aromatic rings. The Morgan fingerprint density at radius 2 is 1.90 bits per heavy atom. The second-order valence-electron chi connectivity index (χ2n) is 3.62. The van der Waals surface area contributed by atoms with Crippen LogP contribution in [-0.4, -0.2) is 38.8 Å². The molecule has 1 rings (SSSR count). The predicted octanol–water partition coefficient (Wildman–Crippen LogP) is 0.00540. The number of aliphatic carboxylic acids is 2. The van der Waals surface area contributed by atoms with Crippen LogP contribution in [0.4, 0.5) is 5.69 Å². The van der Waals surface area contributed by atoms with E-state index in [4.69, 9.17) is 10.2 Å². The zero-order valence-electron chi connectivity index (χ0n) is 10.0. The number of rotatable bonds is 6. The number of carboxylic acids is 2. The van der Waals surface area contributed by atoms with E-state index in [9.17, 15) is 24.6 Å². The molecule has 8 heteroatoms. The third-order valence-corrected chi connectivity index (χ3v) is 2.41. The Bertz CT molecular complexity index is 592. The number of carbonyl (C=O) groups is 3. The monoisotopic (exact) mass is 281 g/mol. The lowest BCUT2D eigenvalue weighted by atomic mass is 9.96. The minimum atomic E-state index is -1.58. The van der Waals surface area contributed by atoms with Gasteiger partial charge in [-0.05, 0) is 11.6 Å². The molecular formula is C12H11NO7. The van der Waals surface area contributed by atoms with Crippen molar-refractivity contribution in [1.82, 2.24) is 0 Å². The fraction of sp³-hybridized carbons (Fsp3) is 0.0833. The summed E-state index contributed by atoms with van der Waals surface area (Å²) in [6.45, 7) is -0.604. The third-order valence-electron chi connectivity index (χ3n) is 2.41. The molecule has 1 amide bonds. The number of anilines is 1. The standard InChI is InChI=1S/C12H11NO7/c14-4-6-1-2-8(16)11(13-5-15)10(6)7(12(19)20)3-9(17)18/h1-3,5,14,16H,4H2,(H,13,15)(H,17,18)(H,19,20). The Hall–Kier alpha value is -2.87. The molecule has 106 valence electrons. The summed E-state index contributed by atoms with van der Waals surface area (Å²) in [7, 11) is 0. The molecule has 0 saturated heterocycles. The minimum absolute atomic E-state index is 0.0436. The van der Waals surface area contributed by atoms with Crippen molar-refractivity contribution in [3.8, 4) is 5.75 Å². The summed E-state index contributed by atoms with van der Waals surface area (Å²) in [5, 5.41) is 38.7. The van der Waals surface area contributed by atoms with Gasteiger partial charge in [0.2, 0.25) is 6.41 Å². The number of phenolic OH excluding ortho intramolecular Hbond substituents is 1. The van der Waals surface area contributed by atoms with Gasteiger partial charge in [0.05, 0.1) is 17.9 Å². The van der Waals surface area contributed by atoms with Crippen molar-refractivity contribution in [3.63, 3.8) is 0 Å². The van der Waals surface area contributed by atoms with E-state index < -0.39 is 29.9 Å². The van der Waals surface area contributed by atoms with Gasteiger partial charge in [0, 0.05) is 11.6 Å². The number of amides is 1.